The number of carbonyl (C=O) groups excluding carboxylic acids is 1. The van der Waals surface area contributed by atoms with Crippen LogP contribution in [0.15, 0.2) is 29.2 Å². The number of nitrogens with one attached hydrogen (secondary N) is 1. The van der Waals surface area contributed by atoms with Gasteiger partial charge < -0.3 is 20.4 Å². The molecule has 3 N–H and O–H groups in total. The van der Waals surface area contributed by atoms with Gasteiger partial charge in [0, 0.05) is 26.2 Å². The lowest BCUT2D eigenvalue weighted by Crippen LogP contribution is -2.52. The van der Waals surface area contributed by atoms with Crippen LogP contribution < -0.4 is 5.32 Å². The van der Waals surface area contributed by atoms with E-state index in [0.29, 0.717) is 43.5 Å². The Kier molecular flexibility index (Phi) is 10.6. The van der Waals surface area contributed by atoms with Gasteiger partial charge in [-0.3, -0.25) is 4.79 Å². The second-order valence-electron chi connectivity index (χ2n) is 7.57. The number of sulfonamides is 1. The predicted molar refractivity (Wildman–Crippen MR) is 114 cm³/mol. The molecule has 0 aromatic heterocycles. The molecule has 1 aromatic rings. The number of benzene rings is 1. The van der Waals surface area contributed by atoms with Crippen molar-refractivity contribution < 1.29 is 33.0 Å². The molecule has 10 nitrogen and oxygen atoms in total. The van der Waals surface area contributed by atoms with Gasteiger partial charge in [-0.15, -0.1) is 0 Å². The van der Waals surface area contributed by atoms with Crippen molar-refractivity contribution in [1.82, 2.24) is 14.5 Å². The summed E-state index contributed by atoms with van der Waals surface area (Å²) in [5.74, 6) is -3.00. The molecule has 1 amide bonds. The summed E-state index contributed by atoms with van der Waals surface area (Å²) in [7, 11) is -3.48. The maximum Gasteiger partial charge on any atom is 0.414 e. The number of carbonyl (C=O) groups is 3. The Balaban J connectivity index is 0.000000703. The van der Waals surface area contributed by atoms with Gasteiger partial charge >= 0.3 is 11.9 Å². The number of amides is 1. The van der Waals surface area contributed by atoms with E-state index in [2.05, 4.69) is 19.2 Å². The van der Waals surface area contributed by atoms with E-state index in [1.807, 2.05) is 6.92 Å². The van der Waals surface area contributed by atoms with Crippen LogP contribution in [0.4, 0.5) is 0 Å². The molecular weight excluding hydrogens is 426 g/mol. The van der Waals surface area contributed by atoms with Crippen LogP contribution in [0.1, 0.15) is 25.8 Å². The first kappa shape index (κ1) is 26.5. The van der Waals surface area contributed by atoms with E-state index >= 15 is 0 Å². The Labute approximate surface area is 182 Å². The molecule has 1 aliphatic heterocycles. The highest BCUT2D eigenvalue weighted by molar-refractivity contribution is 7.89. The van der Waals surface area contributed by atoms with Gasteiger partial charge in [-0.2, -0.15) is 4.31 Å². The molecule has 1 aliphatic rings. The highest BCUT2D eigenvalue weighted by Gasteiger charge is 2.29. The van der Waals surface area contributed by atoms with Gasteiger partial charge in [0.25, 0.3) is 0 Å². The Morgan fingerprint density at radius 2 is 1.52 bits per heavy atom. The number of carboxylic acids is 2. The standard InChI is InChI=1S/C18H29N3O3S.C2H2O4/c1-15(2)8-9-19-14-18(22)20-10-12-21(13-11-20)25(23,24)17-6-4-16(3)5-7-17;3-1(4)2(5)6/h4-7,15,19H,8-14H2,1-3H3;(H,3,4)(H,5,6). The lowest BCUT2D eigenvalue weighted by molar-refractivity contribution is -0.159. The van der Waals surface area contributed by atoms with Crippen molar-refractivity contribution in [3.05, 3.63) is 29.8 Å². The lowest BCUT2D eigenvalue weighted by atomic mass is 10.1. The van der Waals surface area contributed by atoms with Crippen LogP contribution in [0.5, 0.6) is 0 Å². The number of hydrogen-bond acceptors (Lipinski definition) is 6. The summed E-state index contributed by atoms with van der Waals surface area (Å²) >= 11 is 0. The molecule has 0 atom stereocenters. The summed E-state index contributed by atoms with van der Waals surface area (Å²) in [6.07, 6.45) is 1.04. The number of rotatable bonds is 7. The molecule has 11 heteroatoms. The fourth-order valence-corrected chi connectivity index (χ4v) is 4.16. The van der Waals surface area contributed by atoms with Crippen LogP contribution in [0.2, 0.25) is 0 Å². The molecule has 1 heterocycles. The second-order valence-corrected chi connectivity index (χ2v) is 9.51. The molecule has 31 heavy (non-hydrogen) atoms. The largest absolute Gasteiger partial charge is 0.473 e. The van der Waals surface area contributed by atoms with Gasteiger partial charge in [-0.05, 0) is 37.9 Å². The molecule has 0 saturated carbocycles. The first-order chi connectivity index (χ1) is 14.4. The maximum atomic E-state index is 12.7. The third-order valence-corrected chi connectivity index (χ3v) is 6.52. The van der Waals surface area contributed by atoms with Crippen molar-refractivity contribution >= 4 is 27.9 Å². The van der Waals surface area contributed by atoms with Crippen LogP contribution in [0, 0.1) is 12.8 Å². The highest BCUT2D eigenvalue weighted by Crippen LogP contribution is 2.18. The van der Waals surface area contributed by atoms with E-state index in [0.717, 1.165) is 18.5 Å². The topological polar surface area (TPSA) is 144 Å². The van der Waals surface area contributed by atoms with Crippen LogP contribution in [-0.4, -0.2) is 85.0 Å². The summed E-state index contributed by atoms with van der Waals surface area (Å²) in [6.45, 7) is 8.93. The summed E-state index contributed by atoms with van der Waals surface area (Å²) < 4.78 is 26.8. The number of hydrogen-bond donors (Lipinski definition) is 3. The summed E-state index contributed by atoms with van der Waals surface area (Å²) in [5, 5.41) is 17.9. The molecule has 0 unspecified atom stereocenters. The molecule has 174 valence electrons. The first-order valence-corrected chi connectivity index (χ1v) is 11.4. The number of piperazine rings is 1. The van der Waals surface area contributed by atoms with E-state index in [1.54, 1.807) is 29.2 Å². The average molecular weight is 458 g/mol. The molecule has 0 aliphatic carbocycles. The van der Waals surface area contributed by atoms with Crippen molar-refractivity contribution in [2.75, 3.05) is 39.3 Å². The zero-order chi connectivity index (χ0) is 23.6. The van der Waals surface area contributed by atoms with Crippen LogP contribution in [0.3, 0.4) is 0 Å². The number of carboxylic acid groups (broad SMARTS) is 2. The summed E-state index contributed by atoms with van der Waals surface area (Å²) in [6, 6.07) is 6.88. The predicted octanol–water partition coefficient (Wildman–Crippen LogP) is 0.619. The lowest BCUT2D eigenvalue weighted by Gasteiger charge is -2.34. The average Bonchev–Trinajstić information content (AvgIpc) is 2.71. The number of nitrogens with zero attached hydrogens (tertiary/aromatic N) is 2. The minimum atomic E-state index is -3.48. The third kappa shape index (κ3) is 9.03. The Morgan fingerprint density at radius 1 is 1.00 bits per heavy atom. The molecule has 0 spiro atoms. The van der Waals surface area contributed by atoms with Gasteiger partial charge in [-0.25, -0.2) is 18.0 Å². The molecule has 0 radical (unpaired) electrons. The Hall–Kier alpha value is -2.50. The van der Waals surface area contributed by atoms with Crippen molar-refractivity contribution in [2.45, 2.75) is 32.1 Å². The zero-order valence-corrected chi connectivity index (χ0v) is 18.9. The number of aliphatic carboxylic acids is 2. The normalized spacial score (nSPS) is 14.6. The minimum absolute atomic E-state index is 0.0381. The second kappa shape index (κ2) is 12.4. The van der Waals surface area contributed by atoms with Crippen molar-refractivity contribution in [2.24, 2.45) is 5.92 Å². The first-order valence-electron chi connectivity index (χ1n) is 9.96. The summed E-state index contributed by atoms with van der Waals surface area (Å²) in [5.41, 5.74) is 1.03. The van der Waals surface area contributed by atoms with Gasteiger partial charge in [0.2, 0.25) is 15.9 Å². The van der Waals surface area contributed by atoms with E-state index in [9.17, 15) is 13.2 Å². The van der Waals surface area contributed by atoms with E-state index < -0.39 is 22.0 Å². The molecule has 1 saturated heterocycles. The highest BCUT2D eigenvalue weighted by atomic mass is 32.2. The quantitative estimate of drug-likeness (QED) is 0.399. The SMILES string of the molecule is Cc1ccc(S(=O)(=O)N2CCN(C(=O)CNCCC(C)C)CC2)cc1.O=C(O)C(=O)O. The Morgan fingerprint density at radius 3 is 1.97 bits per heavy atom. The zero-order valence-electron chi connectivity index (χ0n) is 18.1. The van der Waals surface area contributed by atoms with Crippen molar-refractivity contribution in [3.63, 3.8) is 0 Å². The van der Waals surface area contributed by atoms with E-state index in [4.69, 9.17) is 19.8 Å². The van der Waals surface area contributed by atoms with Crippen LogP contribution >= 0.6 is 0 Å². The molecule has 2 rings (SSSR count). The van der Waals surface area contributed by atoms with Gasteiger partial charge in [0.05, 0.1) is 11.4 Å². The third-order valence-electron chi connectivity index (χ3n) is 4.61. The smallest absolute Gasteiger partial charge is 0.414 e. The Bertz CT molecular complexity index is 834. The van der Waals surface area contributed by atoms with Gasteiger partial charge in [0.15, 0.2) is 0 Å². The van der Waals surface area contributed by atoms with Gasteiger partial charge in [0.1, 0.15) is 0 Å². The maximum absolute atomic E-state index is 12.7. The molecule has 1 fully saturated rings. The van der Waals surface area contributed by atoms with E-state index in [-0.39, 0.29) is 5.91 Å². The number of aryl methyl sites for hydroxylation is 1. The van der Waals surface area contributed by atoms with Crippen molar-refractivity contribution in [3.8, 4) is 0 Å². The van der Waals surface area contributed by atoms with Crippen LogP contribution in [-0.2, 0) is 24.4 Å². The monoisotopic (exact) mass is 457 g/mol. The van der Waals surface area contributed by atoms with Crippen molar-refractivity contribution in [1.29, 1.82) is 0 Å². The fraction of sp³-hybridized carbons (Fsp3) is 0.550. The minimum Gasteiger partial charge on any atom is -0.473 e. The molecule has 0 bridgehead atoms. The van der Waals surface area contributed by atoms with E-state index in [1.165, 1.54) is 4.31 Å². The fourth-order valence-electron chi connectivity index (χ4n) is 2.74. The summed E-state index contributed by atoms with van der Waals surface area (Å²) in [4.78, 5) is 32.5. The molecular formula is C20H31N3O7S. The molecule has 1 aromatic carbocycles. The van der Waals surface area contributed by atoms with Gasteiger partial charge in [-0.1, -0.05) is 31.5 Å². The van der Waals surface area contributed by atoms with Crippen LogP contribution in [0.25, 0.3) is 0 Å².